The van der Waals surface area contributed by atoms with E-state index in [4.69, 9.17) is 5.73 Å². The van der Waals surface area contributed by atoms with Crippen molar-refractivity contribution in [3.63, 3.8) is 0 Å². The van der Waals surface area contributed by atoms with Crippen LogP contribution in [-0.4, -0.2) is 23.5 Å². The van der Waals surface area contributed by atoms with Gasteiger partial charge in [-0.05, 0) is 56.2 Å². The van der Waals surface area contributed by atoms with Crippen molar-refractivity contribution in [1.82, 2.24) is 4.90 Å². The van der Waals surface area contributed by atoms with E-state index in [0.29, 0.717) is 12.1 Å². The van der Waals surface area contributed by atoms with Crippen LogP contribution in [0.25, 0.3) is 0 Å². The SMILES string of the molecule is Cc1ccsc1C1C(N)CCCN1C1CC1. The van der Waals surface area contributed by atoms with Crippen LogP contribution in [0.3, 0.4) is 0 Å². The van der Waals surface area contributed by atoms with Crippen LogP contribution >= 0.6 is 11.3 Å². The number of hydrogen-bond donors (Lipinski definition) is 1. The summed E-state index contributed by atoms with van der Waals surface area (Å²) in [6, 6.07) is 3.90. The van der Waals surface area contributed by atoms with Crippen LogP contribution < -0.4 is 5.73 Å². The van der Waals surface area contributed by atoms with Gasteiger partial charge in [0.05, 0.1) is 6.04 Å². The lowest BCUT2D eigenvalue weighted by Crippen LogP contribution is -2.46. The molecule has 1 aliphatic carbocycles. The highest BCUT2D eigenvalue weighted by Crippen LogP contribution is 2.41. The highest BCUT2D eigenvalue weighted by atomic mass is 32.1. The fourth-order valence-corrected chi connectivity index (χ4v) is 4.02. The molecule has 0 amide bonds. The summed E-state index contributed by atoms with van der Waals surface area (Å²) in [5, 5.41) is 2.21. The zero-order valence-electron chi connectivity index (χ0n) is 9.86. The number of rotatable bonds is 2. The molecule has 16 heavy (non-hydrogen) atoms. The lowest BCUT2D eigenvalue weighted by Gasteiger charge is -2.40. The highest BCUT2D eigenvalue weighted by molar-refractivity contribution is 7.10. The summed E-state index contributed by atoms with van der Waals surface area (Å²) in [6.45, 7) is 3.47. The maximum Gasteiger partial charge on any atom is 0.0598 e. The Bertz CT molecular complexity index is 370. The summed E-state index contributed by atoms with van der Waals surface area (Å²) in [6.07, 6.45) is 5.23. The van der Waals surface area contributed by atoms with Gasteiger partial charge in [-0.2, -0.15) is 0 Å². The van der Waals surface area contributed by atoms with E-state index < -0.39 is 0 Å². The van der Waals surface area contributed by atoms with Crippen LogP contribution in [0.15, 0.2) is 11.4 Å². The molecule has 2 N–H and O–H groups in total. The molecule has 0 bridgehead atoms. The number of likely N-dealkylation sites (tertiary alicyclic amines) is 1. The van der Waals surface area contributed by atoms with E-state index in [2.05, 4.69) is 23.3 Å². The molecular formula is C13H20N2S. The van der Waals surface area contributed by atoms with E-state index in [1.807, 2.05) is 11.3 Å². The molecule has 88 valence electrons. The van der Waals surface area contributed by atoms with Crippen LogP contribution in [0.5, 0.6) is 0 Å². The largest absolute Gasteiger partial charge is 0.326 e. The summed E-state index contributed by atoms with van der Waals surface area (Å²) in [5.74, 6) is 0. The van der Waals surface area contributed by atoms with E-state index in [0.717, 1.165) is 6.04 Å². The third-order valence-corrected chi connectivity index (χ3v) is 4.99. The summed E-state index contributed by atoms with van der Waals surface area (Å²) in [5.41, 5.74) is 7.79. The van der Waals surface area contributed by atoms with Crippen molar-refractivity contribution in [2.75, 3.05) is 6.54 Å². The maximum atomic E-state index is 6.36. The fourth-order valence-electron chi connectivity index (χ4n) is 2.90. The van der Waals surface area contributed by atoms with E-state index in [9.17, 15) is 0 Å². The van der Waals surface area contributed by atoms with Gasteiger partial charge in [0.15, 0.2) is 0 Å². The molecule has 3 heteroatoms. The minimum absolute atomic E-state index is 0.340. The Morgan fingerprint density at radius 2 is 2.19 bits per heavy atom. The number of hydrogen-bond acceptors (Lipinski definition) is 3. The van der Waals surface area contributed by atoms with Crippen LogP contribution in [0, 0.1) is 6.92 Å². The maximum absolute atomic E-state index is 6.36. The summed E-state index contributed by atoms with van der Waals surface area (Å²) in [4.78, 5) is 4.19. The average molecular weight is 236 g/mol. The smallest absolute Gasteiger partial charge is 0.0598 e. The van der Waals surface area contributed by atoms with Crippen molar-refractivity contribution in [3.05, 3.63) is 21.9 Å². The first-order valence-electron chi connectivity index (χ1n) is 6.32. The van der Waals surface area contributed by atoms with Gasteiger partial charge in [0.2, 0.25) is 0 Å². The Kier molecular flexibility index (Phi) is 2.78. The molecule has 1 aromatic rings. The Morgan fingerprint density at radius 1 is 1.38 bits per heavy atom. The number of aryl methyl sites for hydroxylation is 1. The van der Waals surface area contributed by atoms with Gasteiger partial charge in [0.25, 0.3) is 0 Å². The van der Waals surface area contributed by atoms with Gasteiger partial charge in [-0.3, -0.25) is 4.90 Å². The second-order valence-electron chi connectivity index (χ2n) is 5.19. The minimum Gasteiger partial charge on any atom is -0.326 e. The number of thiophene rings is 1. The molecule has 2 unspecified atom stereocenters. The zero-order valence-corrected chi connectivity index (χ0v) is 10.7. The van der Waals surface area contributed by atoms with Crippen LogP contribution in [0.4, 0.5) is 0 Å². The van der Waals surface area contributed by atoms with Crippen molar-refractivity contribution < 1.29 is 0 Å². The first-order valence-corrected chi connectivity index (χ1v) is 7.20. The second kappa shape index (κ2) is 4.13. The molecule has 2 nitrogen and oxygen atoms in total. The lowest BCUT2D eigenvalue weighted by molar-refractivity contribution is 0.122. The lowest BCUT2D eigenvalue weighted by atomic mass is 9.94. The zero-order chi connectivity index (χ0) is 11.1. The monoisotopic (exact) mass is 236 g/mol. The quantitative estimate of drug-likeness (QED) is 0.855. The van der Waals surface area contributed by atoms with Crippen molar-refractivity contribution in [3.8, 4) is 0 Å². The molecule has 0 spiro atoms. The van der Waals surface area contributed by atoms with E-state index in [1.165, 1.54) is 42.7 Å². The molecule has 1 saturated heterocycles. The minimum atomic E-state index is 0.340. The highest BCUT2D eigenvalue weighted by Gasteiger charge is 2.40. The molecule has 2 aliphatic rings. The molecule has 1 saturated carbocycles. The Balaban J connectivity index is 1.90. The third kappa shape index (κ3) is 1.81. The Morgan fingerprint density at radius 3 is 2.81 bits per heavy atom. The fraction of sp³-hybridized carbons (Fsp3) is 0.692. The third-order valence-electron chi connectivity index (χ3n) is 3.90. The van der Waals surface area contributed by atoms with Crippen LogP contribution in [0.2, 0.25) is 0 Å². The Labute approximate surface area is 101 Å². The van der Waals surface area contributed by atoms with Gasteiger partial charge < -0.3 is 5.73 Å². The average Bonchev–Trinajstić information content (AvgIpc) is 3.03. The molecule has 1 aromatic heterocycles. The molecule has 2 fully saturated rings. The van der Waals surface area contributed by atoms with E-state index >= 15 is 0 Å². The van der Waals surface area contributed by atoms with Crippen LogP contribution in [-0.2, 0) is 0 Å². The van der Waals surface area contributed by atoms with E-state index in [-0.39, 0.29) is 0 Å². The molecule has 3 rings (SSSR count). The first kappa shape index (κ1) is 10.8. The van der Waals surface area contributed by atoms with Gasteiger partial charge in [-0.1, -0.05) is 0 Å². The summed E-state index contributed by atoms with van der Waals surface area (Å²) in [7, 11) is 0. The number of piperidine rings is 1. The summed E-state index contributed by atoms with van der Waals surface area (Å²) < 4.78 is 0. The molecule has 2 atom stereocenters. The molecule has 0 radical (unpaired) electrons. The molecule has 2 heterocycles. The molecular weight excluding hydrogens is 216 g/mol. The van der Waals surface area contributed by atoms with Gasteiger partial charge in [0.1, 0.15) is 0 Å². The number of nitrogens with zero attached hydrogens (tertiary/aromatic N) is 1. The van der Waals surface area contributed by atoms with Crippen molar-refractivity contribution in [2.24, 2.45) is 5.73 Å². The Hall–Kier alpha value is -0.380. The second-order valence-corrected chi connectivity index (χ2v) is 6.14. The standard InChI is InChI=1S/C13H20N2S/c1-9-6-8-16-13(9)12-11(14)3-2-7-15(12)10-4-5-10/h6,8,10-12H,2-5,7,14H2,1H3. The summed E-state index contributed by atoms with van der Waals surface area (Å²) >= 11 is 1.89. The van der Waals surface area contributed by atoms with Gasteiger partial charge in [-0.15, -0.1) is 11.3 Å². The molecule has 1 aliphatic heterocycles. The molecule has 0 aromatic carbocycles. The topological polar surface area (TPSA) is 29.3 Å². The van der Waals surface area contributed by atoms with Crippen molar-refractivity contribution in [1.29, 1.82) is 0 Å². The van der Waals surface area contributed by atoms with Gasteiger partial charge >= 0.3 is 0 Å². The van der Waals surface area contributed by atoms with Gasteiger partial charge in [0, 0.05) is 17.0 Å². The van der Waals surface area contributed by atoms with Crippen molar-refractivity contribution in [2.45, 2.75) is 50.7 Å². The van der Waals surface area contributed by atoms with Crippen LogP contribution in [0.1, 0.15) is 42.2 Å². The van der Waals surface area contributed by atoms with Crippen molar-refractivity contribution >= 4 is 11.3 Å². The van der Waals surface area contributed by atoms with E-state index in [1.54, 1.807) is 0 Å². The normalized spacial score (nSPS) is 31.9. The van der Waals surface area contributed by atoms with Gasteiger partial charge in [-0.25, -0.2) is 0 Å². The predicted molar refractivity (Wildman–Crippen MR) is 68.7 cm³/mol. The first-order chi connectivity index (χ1) is 7.77. The predicted octanol–water partition coefficient (Wildman–Crippen LogP) is 2.68. The number of nitrogens with two attached hydrogens (primary N) is 1.